The van der Waals surface area contributed by atoms with Gasteiger partial charge in [-0.3, -0.25) is 19.8 Å². The standard InChI is InChI=1S/C41H48N6O2S/c1-5-25-23-46-17-13-27(25)19-37(46)39(31-11-15-42-35-9-7-29(48-3)21-33(31)35)44-41(50)45-40(38-20-28-14-18-47(38)24-26(28)6-2)32-12-16-43-36-10-8-30(49-4)22-34(32)36/h5-12,15-16,21-22,25-28,37-40H,1-2,13-14,17-20,23-24H2,3-4H3,(H2,44,45,50)/t25?,26?,27?,28?,37?,38?,39-,40-/m0/s1. The summed E-state index contributed by atoms with van der Waals surface area (Å²) in [6.07, 6.45) is 12.8. The van der Waals surface area contributed by atoms with Gasteiger partial charge in [0.15, 0.2) is 5.11 Å². The highest BCUT2D eigenvalue weighted by Gasteiger charge is 2.45. The van der Waals surface area contributed by atoms with Gasteiger partial charge in [0.25, 0.3) is 0 Å². The first-order valence-electron chi connectivity index (χ1n) is 18.1. The number of pyridine rings is 2. The molecule has 10 atom stereocenters. The number of rotatable bonds is 10. The summed E-state index contributed by atoms with van der Waals surface area (Å²) >= 11 is 6.38. The molecule has 0 spiro atoms. The number of thiocarbonyl (C=S) groups is 1. The zero-order valence-corrected chi connectivity index (χ0v) is 29.9. The SMILES string of the molecule is C=CC1CN2CCC1CC2[C@@H](NC(=S)N[C@@H](c1ccnc2ccc(OC)cc12)C1CC2CCN1CC2C=C)c1ccnc2ccc(OC)cc12. The molecule has 50 heavy (non-hydrogen) atoms. The topological polar surface area (TPSA) is 74.8 Å². The maximum atomic E-state index is 6.38. The highest BCUT2D eigenvalue weighted by Crippen LogP contribution is 2.44. The van der Waals surface area contributed by atoms with E-state index < -0.39 is 0 Å². The van der Waals surface area contributed by atoms with E-state index in [-0.39, 0.29) is 24.2 Å². The van der Waals surface area contributed by atoms with Crippen LogP contribution < -0.4 is 20.1 Å². The molecule has 260 valence electrons. The molecule has 0 radical (unpaired) electrons. The van der Waals surface area contributed by atoms with E-state index in [1.165, 1.54) is 24.0 Å². The molecule has 2 aromatic heterocycles. The summed E-state index contributed by atoms with van der Waals surface area (Å²) in [5, 5.41) is 10.7. The third-order valence-corrected chi connectivity index (χ3v) is 12.5. The van der Waals surface area contributed by atoms with Crippen LogP contribution in [0, 0.1) is 23.7 Å². The van der Waals surface area contributed by atoms with Crippen molar-refractivity contribution in [2.24, 2.45) is 23.7 Å². The van der Waals surface area contributed by atoms with Crippen LogP contribution in [-0.4, -0.2) is 77.4 Å². The van der Waals surface area contributed by atoms with Crippen molar-refractivity contribution in [1.29, 1.82) is 0 Å². The normalized spacial score (nSPS) is 29.6. The first kappa shape index (κ1) is 33.1. The van der Waals surface area contributed by atoms with Crippen LogP contribution in [0.15, 0.2) is 86.2 Å². The molecule has 0 amide bonds. The van der Waals surface area contributed by atoms with Gasteiger partial charge in [-0.05, 0) is 134 Å². The van der Waals surface area contributed by atoms with Crippen LogP contribution in [0.3, 0.4) is 0 Å². The van der Waals surface area contributed by atoms with Crippen molar-refractivity contribution in [3.63, 3.8) is 0 Å². The molecular weight excluding hydrogens is 641 g/mol. The number of methoxy groups -OCH3 is 2. The predicted octanol–water partition coefficient (Wildman–Crippen LogP) is 6.84. The summed E-state index contributed by atoms with van der Waals surface area (Å²) in [5.74, 6) is 3.92. The highest BCUT2D eigenvalue weighted by molar-refractivity contribution is 7.80. The summed E-state index contributed by atoms with van der Waals surface area (Å²) in [6, 6.07) is 17.1. The second kappa shape index (κ2) is 13.9. The van der Waals surface area contributed by atoms with Gasteiger partial charge in [-0.2, -0.15) is 0 Å². The van der Waals surface area contributed by atoms with Gasteiger partial charge in [-0.15, -0.1) is 13.2 Å². The zero-order valence-electron chi connectivity index (χ0n) is 29.1. The number of ether oxygens (including phenoxy) is 2. The lowest BCUT2D eigenvalue weighted by molar-refractivity contribution is 0.00188. The molecule has 4 aromatic rings. The fraction of sp³-hybridized carbons (Fsp3) is 0.439. The third-order valence-electron chi connectivity index (χ3n) is 12.3. The minimum absolute atomic E-state index is 0.0515. The predicted molar refractivity (Wildman–Crippen MR) is 204 cm³/mol. The molecular formula is C41H48N6O2S. The van der Waals surface area contributed by atoms with Crippen molar-refractivity contribution in [3.05, 3.63) is 97.4 Å². The molecule has 0 aliphatic carbocycles. The summed E-state index contributed by atoms with van der Waals surface area (Å²) in [7, 11) is 3.44. The lowest BCUT2D eigenvalue weighted by Gasteiger charge is -2.52. The lowest BCUT2D eigenvalue weighted by atomic mass is 9.73. The van der Waals surface area contributed by atoms with Crippen LogP contribution in [0.25, 0.3) is 21.8 Å². The van der Waals surface area contributed by atoms with E-state index in [2.05, 4.69) is 70.0 Å². The Morgan fingerprint density at radius 2 is 1.22 bits per heavy atom. The first-order valence-corrected chi connectivity index (χ1v) is 18.5. The molecule has 6 aliphatic rings. The Bertz CT molecular complexity index is 1780. The maximum absolute atomic E-state index is 6.38. The Balaban J connectivity index is 1.18. The summed E-state index contributed by atoms with van der Waals surface area (Å²) in [5.41, 5.74) is 4.28. The van der Waals surface area contributed by atoms with E-state index in [0.717, 1.165) is 72.3 Å². The molecule has 6 fully saturated rings. The van der Waals surface area contributed by atoms with Crippen LogP contribution in [0.1, 0.15) is 48.9 Å². The molecule has 0 saturated carbocycles. The van der Waals surface area contributed by atoms with Gasteiger partial charge in [0, 0.05) is 48.3 Å². The molecule has 9 heteroatoms. The van der Waals surface area contributed by atoms with Crippen LogP contribution in [0.2, 0.25) is 0 Å². The Kier molecular flexibility index (Phi) is 9.23. The van der Waals surface area contributed by atoms with E-state index in [0.29, 0.717) is 28.8 Å². The monoisotopic (exact) mass is 688 g/mol. The van der Waals surface area contributed by atoms with Crippen LogP contribution in [-0.2, 0) is 0 Å². The third kappa shape index (κ3) is 6.03. The van der Waals surface area contributed by atoms with Gasteiger partial charge in [-0.25, -0.2) is 0 Å². The van der Waals surface area contributed by atoms with Crippen LogP contribution in [0.4, 0.5) is 0 Å². The second-order valence-corrected chi connectivity index (χ2v) is 15.0. The first-order chi connectivity index (χ1) is 24.5. The average Bonchev–Trinajstić information content (AvgIpc) is 3.18. The van der Waals surface area contributed by atoms with Gasteiger partial charge in [-0.1, -0.05) is 12.2 Å². The van der Waals surface area contributed by atoms with E-state index in [4.69, 9.17) is 31.7 Å². The molecule has 8 nitrogen and oxygen atoms in total. The summed E-state index contributed by atoms with van der Waals surface area (Å²) in [4.78, 5) is 14.8. The van der Waals surface area contributed by atoms with Crippen molar-refractivity contribution >= 4 is 39.1 Å². The number of nitrogens with zero attached hydrogens (tertiary/aromatic N) is 4. The molecule has 2 aromatic carbocycles. The van der Waals surface area contributed by atoms with Crippen molar-refractivity contribution < 1.29 is 9.47 Å². The van der Waals surface area contributed by atoms with Crippen molar-refractivity contribution in [2.45, 2.75) is 49.9 Å². The Hall–Kier alpha value is -4.05. The average molecular weight is 689 g/mol. The second-order valence-electron chi connectivity index (χ2n) is 14.6. The van der Waals surface area contributed by atoms with Gasteiger partial charge >= 0.3 is 0 Å². The highest BCUT2D eigenvalue weighted by atomic mass is 32.1. The fourth-order valence-electron chi connectivity index (χ4n) is 9.62. The number of aromatic nitrogens is 2. The van der Waals surface area contributed by atoms with Gasteiger partial charge in [0.1, 0.15) is 11.5 Å². The van der Waals surface area contributed by atoms with Gasteiger partial charge < -0.3 is 20.1 Å². The Labute approximate surface area is 300 Å². The molecule has 6 aliphatic heterocycles. The van der Waals surface area contributed by atoms with Crippen molar-refractivity contribution in [3.8, 4) is 11.5 Å². The number of benzene rings is 2. The molecule has 8 unspecified atom stereocenters. The molecule has 6 saturated heterocycles. The molecule has 4 bridgehead atoms. The lowest BCUT2D eigenvalue weighted by Crippen LogP contribution is -2.60. The van der Waals surface area contributed by atoms with Crippen molar-refractivity contribution in [1.82, 2.24) is 30.4 Å². The number of nitrogens with one attached hydrogen (secondary N) is 2. The van der Waals surface area contributed by atoms with Crippen molar-refractivity contribution in [2.75, 3.05) is 40.4 Å². The van der Waals surface area contributed by atoms with E-state index in [1.807, 2.05) is 36.7 Å². The van der Waals surface area contributed by atoms with E-state index >= 15 is 0 Å². The number of hydrogen-bond acceptors (Lipinski definition) is 7. The van der Waals surface area contributed by atoms with E-state index in [1.54, 1.807) is 14.2 Å². The smallest absolute Gasteiger partial charge is 0.167 e. The number of piperidine rings is 6. The van der Waals surface area contributed by atoms with Crippen LogP contribution >= 0.6 is 12.2 Å². The minimum atomic E-state index is -0.0515. The van der Waals surface area contributed by atoms with Gasteiger partial charge in [0.05, 0.1) is 37.3 Å². The number of fused-ring (bicyclic) bond motifs is 8. The zero-order chi connectivity index (χ0) is 34.4. The Morgan fingerprint density at radius 1 is 0.760 bits per heavy atom. The quantitative estimate of drug-likeness (QED) is 0.138. The number of hydrogen-bond donors (Lipinski definition) is 2. The molecule has 2 N–H and O–H groups in total. The molecule has 8 heterocycles. The summed E-state index contributed by atoms with van der Waals surface area (Å²) in [6.45, 7) is 12.6. The molecule has 10 rings (SSSR count). The Morgan fingerprint density at radius 3 is 1.60 bits per heavy atom. The van der Waals surface area contributed by atoms with Crippen LogP contribution in [0.5, 0.6) is 11.5 Å². The summed E-state index contributed by atoms with van der Waals surface area (Å²) < 4.78 is 11.4. The minimum Gasteiger partial charge on any atom is -0.497 e. The van der Waals surface area contributed by atoms with E-state index in [9.17, 15) is 0 Å². The maximum Gasteiger partial charge on any atom is 0.167 e. The fourth-order valence-corrected chi connectivity index (χ4v) is 9.88. The van der Waals surface area contributed by atoms with Gasteiger partial charge in [0.2, 0.25) is 0 Å². The largest absolute Gasteiger partial charge is 0.497 e.